The Kier molecular flexibility index (Phi) is 4.02. The molecule has 1 unspecified atom stereocenters. The average molecular weight is 240 g/mol. The number of rotatable bonds is 4. The summed E-state index contributed by atoms with van der Waals surface area (Å²) in [6.07, 6.45) is 0. The van der Waals surface area contributed by atoms with Crippen molar-refractivity contribution in [1.29, 1.82) is 5.41 Å². The van der Waals surface area contributed by atoms with Crippen LogP contribution in [-0.2, 0) is 7.05 Å². The fraction of sp³-hybridized carbons (Fsp3) is 0.636. The Labute approximate surface area is 101 Å². The van der Waals surface area contributed by atoms with Crippen LogP contribution in [0.5, 0.6) is 0 Å². The maximum Gasteiger partial charge on any atom is 0.127 e. The molecule has 0 spiro atoms. The van der Waals surface area contributed by atoms with Crippen LogP contribution < -0.4 is 5.73 Å². The van der Waals surface area contributed by atoms with E-state index in [1.54, 1.807) is 11.8 Å². The molecule has 0 amide bonds. The second kappa shape index (κ2) is 4.91. The molecule has 1 atom stereocenters. The highest BCUT2D eigenvalue weighted by Gasteiger charge is 2.19. The third kappa shape index (κ3) is 2.58. The number of hydrogen-bond acceptors (Lipinski definition) is 3. The lowest BCUT2D eigenvalue weighted by Crippen LogP contribution is -2.14. The van der Waals surface area contributed by atoms with Crippen molar-refractivity contribution in [2.24, 2.45) is 18.7 Å². The summed E-state index contributed by atoms with van der Waals surface area (Å²) >= 11 is 1.73. The molecule has 0 bridgehead atoms. The van der Waals surface area contributed by atoms with Gasteiger partial charge in [-0.2, -0.15) is 5.10 Å². The number of nitrogens with one attached hydrogen (secondary N) is 1. The minimum Gasteiger partial charge on any atom is -0.384 e. The zero-order valence-corrected chi connectivity index (χ0v) is 11.4. The van der Waals surface area contributed by atoms with E-state index in [1.165, 1.54) is 0 Å². The Bertz CT molecular complexity index is 395. The Morgan fingerprint density at radius 3 is 2.44 bits per heavy atom. The van der Waals surface area contributed by atoms with Crippen molar-refractivity contribution in [2.75, 3.05) is 0 Å². The SMILES string of the molecule is Cc1nn(C)c(SC(C)C(C)C)c1C(=N)N. The van der Waals surface area contributed by atoms with E-state index in [0.29, 0.717) is 11.2 Å². The van der Waals surface area contributed by atoms with Crippen LogP contribution in [0.3, 0.4) is 0 Å². The zero-order chi connectivity index (χ0) is 12.5. The number of nitrogens with two attached hydrogens (primary N) is 1. The van der Waals surface area contributed by atoms with Gasteiger partial charge in [0.2, 0.25) is 0 Å². The zero-order valence-electron chi connectivity index (χ0n) is 10.5. The molecule has 1 rings (SSSR count). The molecule has 4 nitrogen and oxygen atoms in total. The molecule has 3 N–H and O–H groups in total. The standard InChI is InChI=1S/C11H20N4S/c1-6(2)8(4)16-11-9(10(12)13)7(3)14-15(11)5/h6,8H,1-5H3,(H3,12,13). The lowest BCUT2D eigenvalue weighted by atomic mass is 10.2. The smallest absolute Gasteiger partial charge is 0.127 e. The average Bonchev–Trinajstić information content (AvgIpc) is 2.41. The summed E-state index contributed by atoms with van der Waals surface area (Å²) in [5, 5.41) is 13.4. The highest BCUT2D eigenvalue weighted by molar-refractivity contribution is 7.99. The van der Waals surface area contributed by atoms with Gasteiger partial charge in [0.25, 0.3) is 0 Å². The third-order valence-electron chi connectivity index (χ3n) is 2.68. The van der Waals surface area contributed by atoms with Crippen molar-refractivity contribution >= 4 is 17.6 Å². The number of amidine groups is 1. The molecule has 90 valence electrons. The molecule has 0 radical (unpaired) electrons. The van der Waals surface area contributed by atoms with Gasteiger partial charge in [-0.15, -0.1) is 11.8 Å². The number of thioether (sulfide) groups is 1. The molecule has 5 heteroatoms. The fourth-order valence-electron chi connectivity index (χ4n) is 1.39. The van der Waals surface area contributed by atoms with E-state index in [0.717, 1.165) is 16.3 Å². The van der Waals surface area contributed by atoms with Gasteiger partial charge in [-0.3, -0.25) is 10.1 Å². The summed E-state index contributed by atoms with van der Waals surface area (Å²) in [5.74, 6) is 0.684. The Hall–Kier alpha value is -0.970. The first-order valence-corrected chi connectivity index (χ1v) is 6.27. The van der Waals surface area contributed by atoms with Crippen LogP contribution in [0.15, 0.2) is 5.03 Å². The van der Waals surface area contributed by atoms with Gasteiger partial charge in [-0.25, -0.2) is 0 Å². The highest BCUT2D eigenvalue weighted by Crippen LogP contribution is 2.31. The molecule has 16 heavy (non-hydrogen) atoms. The highest BCUT2D eigenvalue weighted by atomic mass is 32.2. The molecule has 0 aliphatic carbocycles. The molecular weight excluding hydrogens is 220 g/mol. The monoisotopic (exact) mass is 240 g/mol. The van der Waals surface area contributed by atoms with Gasteiger partial charge in [0.1, 0.15) is 10.9 Å². The summed E-state index contributed by atoms with van der Waals surface area (Å²) in [5.41, 5.74) is 7.20. The second-order valence-electron chi connectivity index (χ2n) is 4.37. The normalized spacial score (nSPS) is 13.1. The predicted molar refractivity (Wildman–Crippen MR) is 69.1 cm³/mol. The first-order chi connectivity index (χ1) is 7.34. The van der Waals surface area contributed by atoms with Crippen LogP contribution in [0.2, 0.25) is 0 Å². The molecule has 1 aromatic rings. The van der Waals surface area contributed by atoms with Crippen molar-refractivity contribution in [3.8, 4) is 0 Å². The minimum absolute atomic E-state index is 0.101. The maximum atomic E-state index is 7.59. The van der Waals surface area contributed by atoms with Crippen molar-refractivity contribution in [3.05, 3.63) is 11.3 Å². The molecule has 0 saturated heterocycles. The van der Waals surface area contributed by atoms with Crippen LogP contribution in [0, 0.1) is 18.3 Å². The molecule has 0 fully saturated rings. The topological polar surface area (TPSA) is 67.7 Å². The molecular formula is C11H20N4S. The first kappa shape index (κ1) is 13.1. The maximum absolute atomic E-state index is 7.59. The first-order valence-electron chi connectivity index (χ1n) is 5.39. The summed E-state index contributed by atoms with van der Waals surface area (Å²) in [4.78, 5) is 0. The van der Waals surface area contributed by atoms with Crippen molar-refractivity contribution in [3.63, 3.8) is 0 Å². The Morgan fingerprint density at radius 2 is 2.00 bits per heavy atom. The Morgan fingerprint density at radius 1 is 1.44 bits per heavy atom. The van der Waals surface area contributed by atoms with E-state index in [9.17, 15) is 0 Å². The van der Waals surface area contributed by atoms with Gasteiger partial charge in [0, 0.05) is 12.3 Å². The number of nitrogens with zero attached hydrogens (tertiary/aromatic N) is 2. The van der Waals surface area contributed by atoms with Crippen LogP contribution in [0.25, 0.3) is 0 Å². The van der Waals surface area contributed by atoms with E-state index < -0.39 is 0 Å². The number of aryl methyl sites for hydroxylation is 2. The predicted octanol–water partition coefficient (Wildman–Crippen LogP) is 2.15. The van der Waals surface area contributed by atoms with Gasteiger partial charge < -0.3 is 5.73 Å². The fourth-order valence-corrected chi connectivity index (χ4v) is 2.59. The van der Waals surface area contributed by atoms with E-state index in [4.69, 9.17) is 11.1 Å². The quantitative estimate of drug-likeness (QED) is 0.481. The van der Waals surface area contributed by atoms with Gasteiger partial charge in [-0.05, 0) is 12.8 Å². The summed E-state index contributed by atoms with van der Waals surface area (Å²) in [6, 6.07) is 0. The lowest BCUT2D eigenvalue weighted by molar-refractivity contribution is 0.634. The number of aromatic nitrogens is 2. The largest absolute Gasteiger partial charge is 0.384 e. The van der Waals surface area contributed by atoms with E-state index in [-0.39, 0.29) is 5.84 Å². The number of hydrogen-bond donors (Lipinski definition) is 2. The number of nitrogen functional groups attached to an aromatic ring is 1. The van der Waals surface area contributed by atoms with Gasteiger partial charge in [-0.1, -0.05) is 20.8 Å². The molecule has 0 aromatic carbocycles. The summed E-state index contributed by atoms with van der Waals surface area (Å²) in [7, 11) is 1.90. The van der Waals surface area contributed by atoms with Crippen LogP contribution >= 0.6 is 11.8 Å². The molecule has 0 aliphatic heterocycles. The molecule has 1 heterocycles. The van der Waals surface area contributed by atoms with Crippen molar-refractivity contribution in [1.82, 2.24) is 9.78 Å². The summed E-state index contributed by atoms with van der Waals surface area (Å²) in [6.45, 7) is 8.45. The van der Waals surface area contributed by atoms with Gasteiger partial charge in [0.05, 0.1) is 11.3 Å². The Balaban J connectivity index is 3.07. The minimum atomic E-state index is 0.101. The lowest BCUT2D eigenvalue weighted by Gasteiger charge is -2.15. The summed E-state index contributed by atoms with van der Waals surface area (Å²) < 4.78 is 1.82. The molecule has 0 aliphatic rings. The van der Waals surface area contributed by atoms with E-state index in [2.05, 4.69) is 25.9 Å². The second-order valence-corrected chi connectivity index (χ2v) is 5.74. The van der Waals surface area contributed by atoms with Crippen LogP contribution in [-0.4, -0.2) is 20.9 Å². The van der Waals surface area contributed by atoms with Gasteiger partial charge >= 0.3 is 0 Å². The molecule has 0 saturated carbocycles. The van der Waals surface area contributed by atoms with E-state index in [1.807, 2.05) is 18.7 Å². The molecule has 1 aromatic heterocycles. The van der Waals surface area contributed by atoms with Crippen molar-refractivity contribution < 1.29 is 0 Å². The van der Waals surface area contributed by atoms with Crippen LogP contribution in [0.1, 0.15) is 32.0 Å². The van der Waals surface area contributed by atoms with Gasteiger partial charge in [0.15, 0.2) is 0 Å². The van der Waals surface area contributed by atoms with E-state index >= 15 is 0 Å². The van der Waals surface area contributed by atoms with Crippen LogP contribution in [0.4, 0.5) is 0 Å². The van der Waals surface area contributed by atoms with Crippen molar-refractivity contribution in [2.45, 2.75) is 38.0 Å². The third-order valence-corrected chi connectivity index (χ3v) is 4.28.